The normalized spacial score (nSPS) is 11.5. The molecule has 0 radical (unpaired) electrons. The van der Waals surface area contributed by atoms with Gasteiger partial charge in [-0.1, -0.05) is 19.9 Å². The fraction of sp³-hybridized carbons (Fsp3) is 0.435. The molecular weight excluding hydrogens is 370 g/mol. The summed E-state index contributed by atoms with van der Waals surface area (Å²) in [6.07, 6.45) is 1.83. The van der Waals surface area contributed by atoms with E-state index in [4.69, 9.17) is 18.9 Å². The maximum absolute atomic E-state index is 12.7. The molecule has 1 unspecified atom stereocenters. The van der Waals surface area contributed by atoms with Crippen molar-refractivity contribution in [3.63, 3.8) is 0 Å². The minimum absolute atomic E-state index is 0.194. The van der Waals surface area contributed by atoms with Crippen molar-refractivity contribution in [3.05, 3.63) is 47.5 Å². The van der Waals surface area contributed by atoms with Crippen LogP contribution in [0.25, 0.3) is 0 Å². The summed E-state index contributed by atoms with van der Waals surface area (Å²) in [7, 11) is 3.11. The van der Waals surface area contributed by atoms with Gasteiger partial charge in [0.25, 0.3) is 5.91 Å². The number of carbonyl (C=O) groups excluding carboxylic acids is 1. The summed E-state index contributed by atoms with van der Waals surface area (Å²) in [6, 6.07) is 10.7. The van der Waals surface area contributed by atoms with Gasteiger partial charge in [0.05, 0.1) is 33.5 Å². The Bertz CT molecular complexity index is 806. The predicted molar refractivity (Wildman–Crippen MR) is 113 cm³/mol. The first-order valence-electron chi connectivity index (χ1n) is 9.96. The third-order valence-corrected chi connectivity index (χ3v) is 4.38. The van der Waals surface area contributed by atoms with Crippen LogP contribution < -0.4 is 24.3 Å². The number of ether oxygens (including phenoxy) is 4. The van der Waals surface area contributed by atoms with E-state index in [1.807, 2.05) is 25.1 Å². The first-order valence-corrected chi connectivity index (χ1v) is 9.96. The smallest absolute Gasteiger partial charge is 0.251 e. The Hall–Kier alpha value is -2.89. The molecule has 0 aromatic heterocycles. The SMILES string of the molecule is CCCOc1ccc(C(C)NC(=O)c2ccc(OC)c(OC)c2)cc1OCCC. The highest BCUT2D eigenvalue weighted by atomic mass is 16.5. The average Bonchev–Trinajstić information content (AvgIpc) is 2.75. The molecule has 2 rings (SSSR count). The van der Waals surface area contributed by atoms with E-state index in [2.05, 4.69) is 19.2 Å². The summed E-state index contributed by atoms with van der Waals surface area (Å²) in [5.74, 6) is 2.33. The Labute approximate surface area is 173 Å². The highest BCUT2D eigenvalue weighted by molar-refractivity contribution is 5.95. The number of methoxy groups -OCH3 is 2. The molecule has 29 heavy (non-hydrogen) atoms. The van der Waals surface area contributed by atoms with Gasteiger partial charge in [-0.3, -0.25) is 4.79 Å². The van der Waals surface area contributed by atoms with E-state index in [0.717, 1.165) is 24.2 Å². The fourth-order valence-electron chi connectivity index (χ4n) is 2.79. The molecule has 6 heteroatoms. The lowest BCUT2D eigenvalue weighted by Gasteiger charge is -2.18. The molecular formula is C23H31NO5. The number of benzene rings is 2. The van der Waals surface area contributed by atoms with Crippen LogP contribution in [0, 0.1) is 0 Å². The number of nitrogens with one attached hydrogen (secondary N) is 1. The van der Waals surface area contributed by atoms with Crippen molar-refractivity contribution in [1.29, 1.82) is 0 Å². The Morgan fingerprint density at radius 2 is 1.48 bits per heavy atom. The third-order valence-electron chi connectivity index (χ3n) is 4.38. The van der Waals surface area contributed by atoms with Crippen LogP contribution in [-0.4, -0.2) is 33.3 Å². The van der Waals surface area contributed by atoms with Gasteiger partial charge < -0.3 is 24.3 Å². The number of amides is 1. The second kappa shape index (κ2) is 11.2. The molecule has 1 N–H and O–H groups in total. The van der Waals surface area contributed by atoms with Crippen LogP contribution in [-0.2, 0) is 0 Å². The summed E-state index contributed by atoms with van der Waals surface area (Å²) in [6.45, 7) is 7.30. The first kappa shape index (κ1) is 22.4. The highest BCUT2D eigenvalue weighted by Crippen LogP contribution is 2.31. The largest absolute Gasteiger partial charge is 0.493 e. The van der Waals surface area contributed by atoms with Crippen LogP contribution in [0.3, 0.4) is 0 Å². The quantitative estimate of drug-likeness (QED) is 0.587. The first-order chi connectivity index (χ1) is 14.0. The molecule has 2 aromatic rings. The number of rotatable bonds is 11. The Balaban J connectivity index is 2.16. The second-order valence-corrected chi connectivity index (χ2v) is 6.67. The summed E-state index contributed by atoms with van der Waals surface area (Å²) in [5, 5.41) is 3.02. The predicted octanol–water partition coefficient (Wildman–Crippen LogP) is 4.77. The van der Waals surface area contributed by atoms with Crippen molar-refractivity contribution in [2.24, 2.45) is 0 Å². The molecule has 0 spiro atoms. The van der Waals surface area contributed by atoms with E-state index in [0.29, 0.717) is 36.0 Å². The number of hydrogen-bond donors (Lipinski definition) is 1. The van der Waals surface area contributed by atoms with E-state index >= 15 is 0 Å². The molecule has 0 bridgehead atoms. The van der Waals surface area contributed by atoms with Gasteiger partial charge in [-0.15, -0.1) is 0 Å². The highest BCUT2D eigenvalue weighted by Gasteiger charge is 2.16. The zero-order chi connectivity index (χ0) is 21.2. The average molecular weight is 402 g/mol. The van der Waals surface area contributed by atoms with Gasteiger partial charge in [0.1, 0.15) is 0 Å². The Morgan fingerprint density at radius 3 is 2.10 bits per heavy atom. The molecule has 0 aliphatic heterocycles. The Morgan fingerprint density at radius 1 is 0.862 bits per heavy atom. The van der Waals surface area contributed by atoms with Gasteiger partial charge in [-0.2, -0.15) is 0 Å². The van der Waals surface area contributed by atoms with E-state index in [1.54, 1.807) is 32.4 Å². The van der Waals surface area contributed by atoms with E-state index in [9.17, 15) is 4.79 Å². The lowest BCUT2D eigenvalue weighted by molar-refractivity contribution is 0.0939. The fourth-order valence-corrected chi connectivity index (χ4v) is 2.79. The molecule has 0 heterocycles. The zero-order valence-electron chi connectivity index (χ0n) is 17.9. The molecule has 0 saturated heterocycles. The lowest BCUT2D eigenvalue weighted by atomic mass is 10.1. The molecule has 1 amide bonds. The zero-order valence-corrected chi connectivity index (χ0v) is 17.9. The second-order valence-electron chi connectivity index (χ2n) is 6.67. The van der Waals surface area contributed by atoms with Crippen molar-refractivity contribution >= 4 is 5.91 Å². The van der Waals surface area contributed by atoms with Gasteiger partial charge >= 0.3 is 0 Å². The van der Waals surface area contributed by atoms with Crippen molar-refractivity contribution in [1.82, 2.24) is 5.32 Å². The maximum atomic E-state index is 12.7. The maximum Gasteiger partial charge on any atom is 0.251 e. The standard InChI is InChI=1S/C23H31NO5/c1-6-12-28-20-11-8-17(14-22(20)29-13-7-2)16(3)24-23(25)18-9-10-19(26-4)21(15-18)27-5/h8-11,14-16H,6-7,12-13H2,1-5H3,(H,24,25). The molecule has 0 aliphatic rings. The van der Waals surface area contributed by atoms with Crippen molar-refractivity contribution < 1.29 is 23.7 Å². The molecule has 2 aromatic carbocycles. The number of hydrogen-bond acceptors (Lipinski definition) is 5. The number of carbonyl (C=O) groups is 1. The topological polar surface area (TPSA) is 66.0 Å². The van der Waals surface area contributed by atoms with Crippen LogP contribution in [0.4, 0.5) is 0 Å². The van der Waals surface area contributed by atoms with Gasteiger partial charge in [0.15, 0.2) is 23.0 Å². The molecule has 0 aliphatic carbocycles. The summed E-state index contributed by atoms with van der Waals surface area (Å²) in [5.41, 5.74) is 1.44. The van der Waals surface area contributed by atoms with Crippen LogP contribution in [0.5, 0.6) is 23.0 Å². The third kappa shape index (κ3) is 6.04. The molecule has 0 saturated carbocycles. The summed E-state index contributed by atoms with van der Waals surface area (Å²) < 4.78 is 22.1. The van der Waals surface area contributed by atoms with Gasteiger partial charge in [-0.05, 0) is 55.7 Å². The molecule has 158 valence electrons. The summed E-state index contributed by atoms with van der Waals surface area (Å²) in [4.78, 5) is 12.7. The molecule has 0 fully saturated rings. The van der Waals surface area contributed by atoms with Gasteiger partial charge in [0, 0.05) is 5.56 Å². The monoisotopic (exact) mass is 401 g/mol. The molecule has 1 atom stereocenters. The van der Waals surface area contributed by atoms with Crippen LogP contribution in [0.1, 0.15) is 55.6 Å². The van der Waals surface area contributed by atoms with E-state index < -0.39 is 0 Å². The lowest BCUT2D eigenvalue weighted by Crippen LogP contribution is -2.26. The van der Waals surface area contributed by atoms with Crippen molar-refractivity contribution in [2.45, 2.75) is 39.7 Å². The van der Waals surface area contributed by atoms with Gasteiger partial charge in [-0.25, -0.2) is 0 Å². The Kier molecular flexibility index (Phi) is 8.65. The van der Waals surface area contributed by atoms with Crippen LogP contribution in [0.15, 0.2) is 36.4 Å². The van der Waals surface area contributed by atoms with Crippen LogP contribution >= 0.6 is 0 Å². The van der Waals surface area contributed by atoms with Crippen LogP contribution in [0.2, 0.25) is 0 Å². The molecule has 6 nitrogen and oxygen atoms in total. The minimum atomic E-state index is -0.209. The van der Waals surface area contributed by atoms with Crippen molar-refractivity contribution in [3.8, 4) is 23.0 Å². The summed E-state index contributed by atoms with van der Waals surface area (Å²) >= 11 is 0. The van der Waals surface area contributed by atoms with E-state index in [1.165, 1.54) is 0 Å². The van der Waals surface area contributed by atoms with Gasteiger partial charge in [0.2, 0.25) is 0 Å². The van der Waals surface area contributed by atoms with Crippen molar-refractivity contribution in [2.75, 3.05) is 27.4 Å². The van der Waals surface area contributed by atoms with E-state index in [-0.39, 0.29) is 11.9 Å². The minimum Gasteiger partial charge on any atom is -0.493 e.